The van der Waals surface area contributed by atoms with Crippen LogP contribution in [-0.4, -0.2) is 9.97 Å². The first-order valence-electron chi connectivity index (χ1n) is 5.21. The lowest BCUT2D eigenvalue weighted by molar-refractivity contribution is 1.33. The molecule has 0 atom stereocenters. The average Bonchev–Trinajstić information content (AvgIpc) is 2.68. The number of halogens is 1. The van der Waals surface area contributed by atoms with Crippen LogP contribution in [0.5, 0.6) is 0 Å². The Morgan fingerprint density at radius 3 is 2.94 bits per heavy atom. The lowest BCUT2D eigenvalue weighted by Gasteiger charge is -2.02. The van der Waals surface area contributed by atoms with E-state index in [9.17, 15) is 0 Å². The standard InChI is InChI=1S/C13H9ClN2S/c1-8-16-12-3-2-9(6-13(12)17-8)10-7-15-5-4-11(10)14/h2-7H,1H3. The van der Waals surface area contributed by atoms with Crippen LogP contribution in [0.15, 0.2) is 36.7 Å². The van der Waals surface area contributed by atoms with Gasteiger partial charge in [-0.25, -0.2) is 4.98 Å². The molecule has 0 unspecified atom stereocenters. The predicted octanol–water partition coefficient (Wildman–Crippen LogP) is 4.32. The Labute approximate surface area is 108 Å². The lowest BCUT2D eigenvalue weighted by atomic mass is 10.1. The third-order valence-corrected chi connectivity index (χ3v) is 3.84. The van der Waals surface area contributed by atoms with Crippen molar-refractivity contribution in [2.75, 3.05) is 0 Å². The fourth-order valence-corrected chi connectivity index (χ4v) is 2.88. The van der Waals surface area contributed by atoms with Crippen molar-refractivity contribution in [2.24, 2.45) is 0 Å². The number of benzene rings is 1. The zero-order valence-electron chi connectivity index (χ0n) is 9.14. The maximum atomic E-state index is 6.16. The summed E-state index contributed by atoms with van der Waals surface area (Å²) in [6.07, 6.45) is 3.48. The third-order valence-electron chi connectivity index (χ3n) is 2.57. The molecule has 0 saturated carbocycles. The van der Waals surface area contributed by atoms with Gasteiger partial charge in [0.2, 0.25) is 0 Å². The molecule has 0 fully saturated rings. The van der Waals surface area contributed by atoms with Gasteiger partial charge in [0.05, 0.1) is 20.2 Å². The smallest absolute Gasteiger partial charge is 0.0907 e. The molecule has 17 heavy (non-hydrogen) atoms. The summed E-state index contributed by atoms with van der Waals surface area (Å²) in [5, 5.41) is 1.80. The average molecular weight is 261 g/mol. The summed E-state index contributed by atoms with van der Waals surface area (Å²) in [5.41, 5.74) is 3.08. The van der Waals surface area contributed by atoms with Crippen molar-refractivity contribution in [3.63, 3.8) is 0 Å². The summed E-state index contributed by atoms with van der Waals surface area (Å²) < 4.78 is 1.18. The van der Waals surface area contributed by atoms with Gasteiger partial charge in [-0.05, 0) is 30.7 Å². The zero-order valence-corrected chi connectivity index (χ0v) is 10.7. The largest absolute Gasteiger partial charge is 0.264 e. The van der Waals surface area contributed by atoms with Gasteiger partial charge in [0.25, 0.3) is 0 Å². The van der Waals surface area contributed by atoms with Gasteiger partial charge in [0, 0.05) is 18.0 Å². The number of aromatic nitrogens is 2. The number of hydrogen-bond acceptors (Lipinski definition) is 3. The van der Waals surface area contributed by atoms with E-state index in [1.165, 1.54) is 4.70 Å². The monoisotopic (exact) mass is 260 g/mol. The number of hydrogen-bond donors (Lipinski definition) is 0. The van der Waals surface area contributed by atoms with Crippen molar-refractivity contribution in [1.82, 2.24) is 9.97 Å². The highest BCUT2D eigenvalue weighted by Crippen LogP contribution is 2.31. The van der Waals surface area contributed by atoms with E-state index in [2.05, 4.69) is 16.0 Å². The Hall–Kier alpha value is -1.45. The van der Waals surface area contributed by atoms with Gasteiger partial charge in [-0.15, -0.1) is 11.3 Å². The van der Waals surface area contributed by atoms with Gasteiger partial charge < -0.3 is 0 Å². The minimum Gasteiger partial charge on any atom is -0.264 e. The normalized spacial score (nSPS) is 10.9. The zero-order chi connectivity index (χ0) is 11.8. The Morgan fingerprint density at radius 1 is 1.24 bits per heavy atom. The van der Waals surface area contributed by atoms with E-state index >= 15 is 0 Å². The van der Waals surface area contributed by atoms with E-state index in [-0.39, 0.29) is 0 Å². The Bertz CT molecular complexity index is 691. The summed E-state index contributed by atoms with van der Waals surface area (Å²) >= 11 is 7.86. The van der Waals surface area contributed by atoms with Gasteiger partial charge in [-0.2, -0.15) is 0 Å². The fraction of sp³-hybridized carbons (Fsp3) is 0.0769. The van der Waals surface area contributed by atoms with Crippen molar-refractivity contribution in [1.29, 1.82) is 0 Å². The number of pyridine rings is 1. The number of fused-ring (bicyclic) bond motifs is 1. The highest BCUT2D eigenvalue weighted by Gasteiger charge is 2.06. The minimum atomic E-state index is 0.723. The molecule has 0 aliphatic rings. The third kappa shape index (κ3) is 1.92. The molecular weight excluding hydrogens is 252 g/mol. The fourth-order valence-electron chi connectivity index (χ4n) is 1.80. The first kappa shape index (κ1) is 10.7. The van der Waals surface area contributed by atoms with Crippen LogP contribution in [-0.2, 0) is 0 Å². The molecule has 0 radical (unpaired) electrons. The molecule has 2 aromatic heterocycles. The molecular formula is C13H9ClN2S. The van der Waals surface area contributed by atoms with Gasteiger partial charge in [0.15, 0.2) is 0 Å². The maximum Gasteiger partial charge on any atom is 0.0907 e. The van der Waals surface area contributed by atoms with Crippen molar-refractivity contribution in [3.8, 4) is 11.1 Å². The van der Waals surface area contributed by atoms with Gasteiger partial charge in [-0.1, -0.05) is 17.7 Å². The second kappa shape index (κ2) is 4.09. The number of rotatable bonds is 1. The molecule has 1 aromatic carbocycles. The van der Waals surface area contributed by atoms with Crippen molar-refractivity contribution >= 4 is 33.2 Å². The van der Waals surface area contributed by atoms with Crippen LogP contribution in [0.2, 0.25) is 5.02 Å². The SMILES string of the molecule is Cc1nc2ccc(-c3cnccc3Cl)cc2s1. The highest BCUT2D eigenvalue weighted by molar-refractivity contribution is 7.18. The molecule has 3 rings (SSSR count). The molecule has 0 bridgehead atoms. The molecule has 0 amide bonds. The summed E-state index contributed by atoms with van der Waals surface area (Å²) in [7, 11) is 0. The quantitative estimate of drug-likeness (QED) is 0.651. The molecule has 84 valence electrons. The molecule has 0 saturated heterocycles. The van der Waals surface area contributed by atoms with Gasteiger partial charge >= 0.3 is 0 Å². The van der Waals surface area contributed by atoms with Crippen LogP contribution in [0.3, 0.4) is 0 Å². The molecule has 4 heteroatoms. The Morgan fingerprint density at radius 2 is 2.12 bits per heavy atom. The Balaban J connectivity index is 2.21. The van der Waals surface area contributed by atoms with E-state index in [1.807, 2.05) is 19.1 Å². The first-order valence-corrected chi connectivity index (χ1v) is 6.40. The van der Waals surface area contributed by atoms with Crippen LogP contribution < -0.4 is 0 Å². The molecule has 0 aliphatic carbocycles. The highest BCUT2D eigenvalue weighted by atomic mass is 35.5. The maximum absolute atomic E-state index is 6.16. The van der Waals surface area contributed by atoms with Crippen LogP contribution >= 0.6 is 22.9 Å². The Kier molecular flexibility index (Phi) is 2.57. The van der Waals surface area contributed by atoms with Crippen molar-refractivity contribution in [3.05, 3.63) is 46.7 Å². The molecule has 2 nitrogen and oxygen atoms in total. The topological polar surface area (TPSA) is 25.8 Å². The molecule has 0 N–H and O–H groups in total. The van der Waals surface area contributed by atoms with E-state index in [1.54, 1.807) is 29.8 Å². The number of aryl methyl sites for hydroxylation is 1. The van der Waals surface area contributed by atoms with E-state index in [4.69, 9.17) is 11.6 Å². The molecule has 2 heterocycles. The van der Waals surface area contributed by atoms with Crippen molar-refractivity contribution in [2.45, 2.75) is 6.92 Å². The van der Waals surface area contributed by atoms with Gasteiger partial charge in [0.1, 0.15) is 0 Å². The van der Waals surface area contributed by atoms with Crippen LogP contribution in [0.4, 0.5) is 0 Å². The molecule has 0 spiro atoms. The number of thiazole rings is 1. The predicted molar refractivity (Wildman–Crippen MR) is 72.6 cm³/mol. The van der Waals surface area contributed by atoms with E-state index in [0.717, 1.165) is 26.7 Å². The van der Waals surface area contributed by atoms with Crippen LogP contribution in [0.1, 0.15) is 5.01 Å². The second-order valence-corrected chi connectivity index (χ2v) is 5.41. The summed E-state index contributed by atoms with van der Waals surface area (Å²) in [6, 6.07) is 7.98. The van der Waals surface area contributed by atoms with Gasteiger partial charge in [-0.3, -0.25) is 4.98 Å². The molecule has 0 aliphatic heterocycles. The first-order chi connectivity index (χ1) is 8.24. The van der Waals surface area contributed by atoms with Crippen molar-refractivity contribution < 1.29 is 0 Å². The second-order valence-electron chi connectivity index (χ2n) is 3.77. The summed E-state index contributed by atoms with van der Waals surface area (Å²) in [4.78, 5) is 8.55. The minimum absolute atomic E-state index is 0.723. The molecule has 3 aromatic rings. The van der Waals surface area contributed by atoms with Crippen LogP contribution in [0, 0.1) is 6.92 Å². The lowest BCUT2D eigenvalue weighted by Crippen LogP contribution is -1.81. The van der Waals surface area contributed by atoms with E-state index < -0.39 is 0 Å². The summed E-state index contributed by atoms with van der Waals surface area (Å²) in [6.45, 7) is 2.02. The number of nitrogens with zero attached hydrogens (tertiary/aromatic N) is 2. The van der Waals surface area contributed by atoms with E-state index in [0.29, 0.717) is 0 Å². The van der Waals surface area contributed by atoms with Crippen LogP contribution in [0.25, 0.3) is 21.3 Å². The summed E-state index contributed by atoms with van der Waals surface area (Å²) in [5.74, 6) is 0.